The van der Waals surface area contributed by atoms with Crippen molar-refractivity contribution in [3.63, 3.8) is 0 Å². The van der Waals surface area contributed by atoms with Crippen LogP contribution in [0.1, 0.15) is 34.7 Å². The van der Waals surface area contributed by atoms with E-state index in [1.165, 1.54) is 0 Å². The number of nitrogens with zero attached hydrogens (tertiary/aromatic N) is 1. The summed E-state index contributed by atoms with van der Waals surface area (Å²) in [5.74, 6) is -3.29. The number of likely N-dealkylation sites (tertiary alicyclic amines) is 1. The van der Waals surface area contributed by atoms with Crippen LogP contribution in [-0.4, -0.2) is 28.7 Å². The number of rotatable bonds is 3. The molecule has 182 valence electrons. The van der Waals surface area contributed by atoms with Crippen LogP contribution in [0.5, 0.6) is 0 Å². The van der Waals surface area contributed by atoms with Gasteiger partial charge in [0.1, 0.15) is 15.8 Å². The molecule has 3 amide bonds. The number of hydrogen-bond donors (Lipinski definition) is 1. The predicted octanol–water partition coefficient (Wildman–Crippen LogP) is 5.68. The Labute approximate surface area is 226 Å². The number of benzene rings is 3. The first-order valence-corrected chi connectivity index (χ1v) is 13.2. The predicted molar refractivity (Wildman–Crippen MR) is 142 cm³/mol. The number of imide groups is 1. The van der Waals surface area contributed by atoms with Gasteiger partial charge in [0.2, 0.25) is 17.7 Å². The fraction of sp³-hybridized carbons (Fsp3) is 0.250. The second kappa shape index (κ2) is 7.91. The monoisotopic (exact) mass is 582 g/mol. The van der Waals surface area contributed by atoms with Crippen LogP contribution in [0.15, 0.2) is 71.2 Å². The number of aryl methyl sites for hydroxylation is 1. The Balaban J connectivity index is 1.43. The van der Waals surface area contributed by atoms with Crippen LogP contribution < -0.4 is 5.32 Å². The minimum absolute atomic E-state index is 0.466. The van der Waals surface area contributed by atoms with Crippen molar-refractivity contribution in [3.05, 3.63) is 99.0 Å². The second-order valence-electron chi connectivity index (χ2n) is 9.65. The van der Waals surface area contributed by atoms with E-state index in [0.29, 0.717) is 5.69 Å². The Bertz CT molecular complexity index is 1370. The zero-order valence-electron chi connectivity index (χ0n) is 19.4. The van der Waals surface area contributed by atoms with Crippen molar-refractivity contribution in [2.45, 2.75) is 29.6 Å². The van der Waals surface area contributed by atoms with Crippen molar-refractivity contribution >= 4 is 62.5 Å². The van der Waals surface area contributed by atoms with E-state index in [1.807, 2.05) is 67.6 Å². The van der Waals surface area contributed by atoms with E-state index in [-0.39, 0.29) is 0 Å². The van der Waals surface area contributed by atoms with E-state index in [1.54, 1.807) is 13.0 Å². The minimum Gasteiger partial charge on any atom is -0.324 e. The molecule has 8 heteroatoms. The van der Waals surface area contributed by atoms with Crippen molar-refractivity contribution in [2.75, 3.05) is 5.32 Å². The summed E-state index contributed by atoms with van der Waals surface area (Å²) in [5, 5.41) is 2.83. The van der Waals surface area contributed by atoms with Crippen molar-refractivity contribution < 1.29 is 14.4 Å². The van der Waals surface area contributed by atoms with Gasteiger partial charge >= 0.3 is 0 Å². The van der Waals surface area contributed by atoms with Gasteiger partial charge in [0, 0.05) is 10.2 Å². The molecule has 7 rings (SSSR count). The van der Waals surface area contributed by atoms with Gasteiger partial charge in [-0.25, -0.2) is 0 Å². The molecule has 3 aromatic rings. The van der Waals surface area contributed by atoms with E-state index in [9.17, 15) is 14.4 Å². The van der Waals surface area contributed by atoms with Gasteiger partial charge in [-0.15, -0.1) is 23.2 Å². The highest BCUT2D eigenvalue weighted by Crippen LogP contribution is 2.69. The Morgan fingerprint density at radius 1 is 0.889 bits per heavy atom. The molecule has 3 atom stereocenters. The molecule has 0 aromatic heterocycles. The van der Waals surface area contributed by atoms with E-state index < -0.39 is 45.3 Å². The smallest absolute Gasteiger partial charge is 0.247 e. The van der Waals surface area contributed by atoms with Crippen LogP contribution in [0.25, 0.3) is 0 Å². The fourth-order valence-corrected chi connectivity index (χ4v) is 7.50. The Kier molecular flexibility index (Phi) is 5.21. The van der Waals surface area contributed by atoms with Gasteiger partial charge in [-0.1, -0.05) is 64.5 Å². The van der Waals surface area contributed by atoms with Crippen LogP contribution in [0.4, 0.5) is 5.69 Å². The molecule has 1 fully saturated rings. The van der Waals surface area contributed by atoms with Gasteiger partial charge in [-0.05, 0) is 59.9 Å². The minimum atomic E-state index is -1.27. The molecular formula is C28H21BrCl2N2O3. The molecule has 5 nitrogen and oxygen atoms in total. The zero-order chi connectivity index (χ0) is 25.6. The summed E-state index contributed by atoms with van der Waals surface area (Å²) in [7, 11) is 0. The summed E-state index contributed by atoms with van der Waals surface area (Å²) in [6, 6.07) is 19.3. The van der Waals surface area contributed by atoms with Crippen LogP contribution >= 0.6 is 39.1 Å². The van der Waals surface area contributed by atoms with Gasteiger partial charge in [-0.2, -0.15) is 0 Å². The highest BCUT2D eigenvalue weighted by atomic mass is 79.9. The van der Waals surface area contributed by atoms with Crippen LogP contribution in [0.3, 0.4) is 0 Å². The van der Waals surface area contributed by atoms with Gasteiger partial charge < -0.3 is 5.32 Å². The summed E-state index contributed by atoms with van der Waals surface area (Å²) >= 11 is 18.3. The first kappa shape index (κ1) is 23.7. The molecule has 0 radical (unpaired) electrons. The molecule has 4 aliphatic rings. The summed E-state index contributed by atoms with van der Waals surface area (Å²) in [4.78, 5) is 39.7. The standard InChI is InChI=1S/C28H21BrCl2N2O3/c1-14-13-16(11-12-21(14)29)32-24(34)15(2)33-25(35)22-23(26(33)36)28(31)18-8-4-3-7-17(18)27(22,30)19-9-5-6-10-20(19)28/h3-13,15,22-23H,1-2H3,(H,32,34)/t15-,22-,23+,27?,28?/m1/s1. The molecule has 1 saturated heterocycles. The number of alkyl halides is 2. The van der Waals surface area contributed by atoms with E-state index in [2.05, 4.69) is 21.2 Å². The van der Waals surface area contributed by atoms with E-state index in [0.717, 1.165) is 37.2 Å². The summed E-state index contributed by atoms with van der Waals surface area (Å²) in [6.07, 6.45) is 0. The molecular weight excluding hydrogens is 563 g/mol. The fourth-order valence-electron chi connectivity index (χ4n) is 6.16. The highest BCUT2D eigenvalue weighted by Gasteiger charge is 2.73. The van der Waals surface area contributed by atoms with Crippen LogP contribution in [0.2, 0.25) is 0 Å². The first-order valence-electron chi connectivity index (χ1n) is 11.6. The number of carbonyl (C=O) groups excluding carboxylic acids is 3. The maximum Gasteiger partial charge on any atom is 0.247 e. The number of halogens is 3. The van der Waals surface area contributed by atoms with Gasteiger partial charge in [0.25, 0.3) is 0 Å². The van der Waals surface area contributed by atoms with Crippen molar-refractivity contribution in [1.29, 1.82) is 0 Å². The van der Waals surface area contributed by atoms with E-state index in [4.69, 9.17) is 23.2 Å². The third kappa shape index (κ3) is 2.86. The largest absolute Gasteiger partial charge is 0.324 e. The Hall–Kier alpha value is -2.67. The zero-order valence-corrected chi connectivity index (χ0v) is 22.5. The molecule has 3 aromatic carbocycles. The number of amides is 3. The van der Waals surface area contributed by atoms with Gasteiger partial charge in [0.15, 0.2) is 0 Å². The quantitative estimate of drug-likeness (QED) is 0.319. The Morgan fingerprint density at radius 2 is 1.33 bits per heavy atom. The third-order valence-electron chi connectivity index (χ3n) is 7.81. The molecule has 2 bridgehead atoms. The molecule has 0 saturated carbocycles. The van der Waals surface area contributed by atoms with Gasteiger partial charge in [-0.3, -0.25) is 19.3 Å². The van der Waals surface area contributed by atoms with Crippen molar-refractivity contribution in [3.8, 4) is 0 Å². The average molecular weight is 584 g/mol. The first-order chi connectivity index (χ1) is 17.1. The lowest BCUT2D eigenvalue weighted by atomic mass is 9.54. The summed E-state index contributed by atoms with van der Waals surface area (Å²) in [5.41, 5.74) is 4.44. The topological polar surface area (TPSA) is 66.5 Å². The summed E-state index contributed by atoms with van der Waals surface area (Å²) in [6.45, 7) is 3.46. The molecule has 0 spiro atoms. The lowest BCUT2D eigenvalue weighted by Gasteiger charge is -2.54. The van der Waals surface area contributed by atoms with Gasteiger partial charge in [0.05, 0.1) is 11.8 Å². The molecule has 1 N–H and O–H groups in total. The number of anilines is 1. The van der Waals surface area contributed by atoms with Crippen molar-refractivity contribution in [1.82, 2.24) is 4.90 Å². The van der Waals surface area contributed by atoms with Crippen molar-refractivity contribution in [2.24, 2.45) is 11.8 Å². The van der Waals surface area contributed by atoms with Crippen LogP contribution in [-0.2, 0) is 24.1 Å². The molecule has 1 heterocycles. The normalized spacial score (nSPS) is 28.4. The molecule has 3 aliphatic carbocycles. The number of nitrogens with one attached hydrogen (secondary N) is 1. The lowest BCUT2D eigenvalue weighted by molar-refractivity contribution is -0.146. The SMILES string of the molecule is Cc1cc(NC(=O)[C@@H](C)N2C(=O)[C@@H]3[C@H](C2=O)C2(Cl)c4ccccc4C3(Cl)c3ccccc32)ccc1Br. The molecule has 0 unspecified atom stereocenters. The number of hydrogen-bond acceptors (Lipinski definition) is 3. The summed E-state index contributed by atoms with van der Waals surface area (Å²) < 4.78 is 0.914. The number of carbonyl (C=O) groups is 3. The van der Waals surface area contributed by atoms with E-state index >= 15 is 0 Å². The van der Waals surface area contributed by atoms with Crippen LogP contribution in [0, 0.1) is 18.8 Å². The Morgan fingerprint density at radius 3 is 1.75 bits per heavy atom. The average Bonchev–Trinajstić information content (AvgIpc) is 3.15. The second-order valence-corrected chi connectivity index (χ2v) is 11.7. The highest BCUT2D eigenvalue weighted by molar-refractivity contribution is 9.10. The molecule has 36 heavy (non-hydrogen) atoms. The lowest BCUT2D eigenvalue weighted by Crippen LogP contribution is -2.57. The third-order valence-corrected chi connectivity index (χ3v) is 9.99. The molecule has 1 aliphatic heterocycles. The maximum absolute atomic E-state index is 14.0. The maximum atomic E-state index is 14.0.